The molecule has 1 aromatic carbocycles. The molecule has 0 aliphatic heterocycles. The summed E-state index contributed by atoms with van der Waals surface area (Å²) in [5.41, 5.74) is 8.85. The smallest absolute Gasteiger partial charge is 0.124 e. The standard InChI is InChI=1S/C15H23N3/c1-3-18(10-12-5-4-6-12)14-8-7-11(2)9-13(14)15(16)17/h7-9,12H,3-6,10H2,1-2H3,(H3,16,17). The lowest BCUT2D eigenvalue weighted by molar-refractivity contribution is 0.318. The molecule has 0 unspecified atom stereocenters. The maximum absolute atomic E-state index is 7.73. The van der Waals surface area contributed by atoms with E-state index in [1.807, 2.05) is 13.0 Å². The number of nitrogens with zero attached hydrogens (tertiary/aromatic N) is 1. The monoisotopic (exact) mass is 245 g/mol. The molecule has 0 amide bonds. The molecule has 3 heteroatoms. The molecule has 0 atom stereocenters. The molecule has 0 spiro atoms. The predicted octanol–water partition coefficient (Wildman–Crippen LogP) is 2.91. The Kier molecular flexibility index (Phi) is 3.90. The van der Waals surface area contributed by atoms with Gasteiger partial charge in [0.1, 0.15) is 5.84 Å². The van der Waals surface area contributed by atoms with Gasteiger partial charge in [0.15, 0.2) is 0 Å². The van der Waals surface area contributed by atoms with Crippen molar-refractivity contribution in [1.82, 2.24) is 0 Å². The Morgan fingerprint density at radius 3 is 2.67 bits per heavy atom. The highest BCUT2D eigenvalue weighted by atomic mass is 15.1. The van der Waals surface area contributed by atoms with Crippen molar-refractivity contribution in [2.24, 2.45) is 11.7 Å². The molecule has 2 rings (SSSR count). The fourth-order valence-electron chi connectivity index (χ4n) is 2.53. The predicted molar refractivity (Wildman–Crippen MR) is 77.4 cm³/mol. The highest BCUT2D eigenvalue weighted by Gasteiger charge is 2.21. The van der Waals surface area contributed by atoms with Crippen molar-refractivity contribution >= 4 is 11.5 Å². The lowest BCUT2D eigenvalue weighted by Crippen LogP contribution is -2.34. The van der Waals surface area contributed by atoms with Crippen LogP contribution in [0.5, 0.6) is 0 Å². The van der Waals surface area contributed by atoms with Crippen molar-refractivity contribution in [3.05, 3.63) is 29.3 Å². The largest absolute Gasteiger partial charge is 0.384 e. The summed E-state index contributed by atoms with van der Waals surface area (Å²) in [7, 11) is 0. The van der Waals surface area contributed by atoms with Crippen molar-refractivity contribution < 1.29 is 0 Å². The zero-order valence-electron chi connectivity index (χ0n) is 11.4. The number of amidine groups is 1. The van der Waals surface area contributed by atoms with Crippen LogP contribution in [0.3, 0.4) is 0 Å². The first-order valence-corrected chi connectivity index (χ1v) is 6.81. The van der Waals surface area contributed by atoms with E-state index in [0.717, 1.165) is 35.8 Å². The lowest BCUT2D eigenvalue weighted by atomic mass is 9.85. The molecule has 0 heterocycles. The molecule has 0 saturated heterocycles. The average molecular weight is 245 g/mol. The number of aryl methyl sites for hydroxylation is 1. The highest BCUT2D eigenvalue weighted by molar-refractivity contribution is 6.00. The van der Waals surface area contributed by atoms with Crippen molar-refractivity contribution in [2.45, 2.75) is 33.1 Å². The van der Waals surface area contributed by atoms with E-state index in [1.54, 1.807) is 0 Å². The number of nitrogen functional groups attached to an aromatic ring is 1. The fourth-order valence-corrected chi connectivity index (χ4v) is 2.53. The Labute approximate surface area is 109 Å². The van der Waals surface area contributed by atoms with Crippen LogP contribution in [0, 0.1) is 18.3 Å². The Hall–Kier alpha value is -1.51. The molecule has 1 aliphatic carbocycles. The van der Waals surface area contributed by atoms with Crippen LogP contribution >= 0.6 is 0 Å². The van der Waals surface area contributed by atoms with Crippen LogP contribution in [0.2, 0.25) is 0 Å². The molecule has 0 bridgehead atoms. The molecule has 1 aromatic rings. The van der Waals surface area contributed by atoms with Gasteiger partial charge in [-0.1, -0.05) is 18.1 Å². The maximum Gasteiger partial charge on any atom is 0.124 e. The number of nitrogens with two attached hydrogens (primary N) is 1. The van der Waals surface area contributed by atoms with E-state index in [2.05, 4.69) is 24.0 Å². The number of hydrogen-bond acceptors (Lipinski definition) is 2. The van der Waals surface area contributed by atoms with Crippen LogP contribution < -0.4 is 10.6 Å². The van der Waals surface area contributed by atoms with Gasteiger partial charge in [-0.2, -0.15) is 0 Å². The number of anilines is 1. The van der Waals surface area contributed by atoms with Crippen LogP contribution in [0.4, 0.5) is 5.69 Å². The first-order valence-electron chi connectivity index (χ1n) is 6.81. The third-order valence-corrected chi connectivity index (χ3v) is 3.87. The van der Waals surface area contributed by atoms with E-state index in [0.29, 0.717) is 0 Å². The summed E-state index contributed by atoms with van der Waals surface area (Å²) < 4.78 is 0. The van der Waals surface area contributed by atoms with Gasteiger partial charge >= 0.3 is 0 Å². The Morgan fingerprint density at radius 2 is 2.17 bits per heavy atom. The minimum atomic E-state index is 0.167. The average Bonchev–Trinajstić information content (AvgIpc) is 2.28. The van der Waals surface area contributed by atoms with E-state index in [-0.39, 0.29) is 5.84 Å². The van der Waals surface area contributed by atoms with Gasteiger partial charge in [-0.25, -0.2) is 0 Å². The van der Waals surface area contributed by atoms with Crippen LogP contribution in [0.1, 0.15) is 37.3 Å². The van der Waals surface area contributed by atoms with E-state index >= 15 is 0 Å². The van der Waals surface area contributed by atoms with Crippen molar-refractivity contribution in [2.75, 3.05) is 18.0 Å². The van der Waals surface area contributed by atoms with E-state index < -0.39 is 0 Å². The molecule has 1 saturated carbocycles. The highest BCUT2D eigenvalue weighted by Crippen LogP contribution is 2.30. The van der Waals surface area contributed by atoms with Gasteiger partial charge in [-0.3, -0.25) is 5.41 Å². The molecule has 3 nitrogen and oxygen atoms in total. The second kappa shape index (κ2) is 5.42. The summed E-state index contributed by atoms with van der Waals surface area (Å²) in [4.78, 5) is 2.36. The summed E-state index contributed by atoms with van der Waals surface area (Å²) in [5.74, 6) is 0.992. The number of benzene rings is 1. The zero-order chi connectivity index (χ0) is 13.1. The maximum atomic E-state index is 7.73. The fraction of sp³-hybridized carbons (Fsp3) is 0.533. The van der Waals surface area contributed by atoms with Gasteiger partial charge < -0.3 is 10.6 Å². The Morgan fingerprint density at radius 1 is 1.44 bits per heavy atom. The first kappa shape index (κ1) is 12.9. The summed E-state index contributed by atoms with van der Waals surface area (Å²) >= 11 is 0. The molecular weight excluding hydrogens is 222 g/mol. The van der Waals surface area contributed by atoms with Crippen molar-refractivity contribution in [1.29, 1.82) is 5.41 Å². The lowest BCUT2D eigenvalue weighted by Gasteiger charge is -2.34. The van der Waals surface area contributed by atoms with E-state index in [4.69, 9.17) is 11.1 Å². The molecule has 0 aromatic heterocycles. The Balaban J connectivity index is 2.25. The van der Waals surface area contributed by atoms with Crippen molar-refractivity contribution in [3.63, 3.8) is 0 Å². The molecule has 1 fully saturated rings. The molecular formula is C15H23N3. The second-order valence-corrected chi connectivity index (χ2v) is 5.27. The molecule has 3 N–H and O–H groups in total. The number of hydrogen-bond donors (Lipinski definition) is 2. The zero-order valence-corrected chi connectivity index (χ0v) is 11.4. The van der Waals surface area contributed by atoms with Gasteiger partial charge in [0.2, 0.25) is 0 Å². The minimum absolute atomic E-state index is 0.167. The minimum Gasteiger partial charge on any atom is -0.384 e. The summed E-state index contributed by atoms with van der Waals surface area (Å²) in [6, 6.07) is 6.22. The SMILES string of the molecule is CCN(CC1CCC1)c1ccc(C)cc1C(=N)N. The van der Waals surface area contributed by atoms with Gasteiger partial charge in [0.25, 0.3) is 0 Å². The van der Waals surface area contributed by atoms with Crippen LogP contribution in [-0.2, 0) is 0 Å². The second-order valence-electron chi connectivity index (χ2n) is 5.27. The van der Waals surface area contributed by atoms with Gasteiger partial charge in [-0.05, 0) is 44.7 Å². The summed E-state index contributed by atoms with van der Waals surface area (Å²) in [6.07, 6.45) is 4.06. The van der Waals surface area contributed by atoms with E-state index in [1.165, 1.54) is 19.3 Å². The van der Waals surface area contributed by atoms with Crippen LogP contribution in [-0.4, -0.2) is 18.9 Å². The number of rotatable bonds is 5. The topological polar surface area (TPSA) is 53.1 Å². The first-order chi connectivity index (χ1) is 8.61. The van der Waals surface area contributed by atoms with Gasteiger partial charge in [-0.15, -0.1) is 0 Å². The molecule has 98 valence electrons. The normalized spacial score (nSPS) is 15.2. The Bertz CT molecular complexity index is 435. The third-order valence-electron chi connectivity index (χ3n) is 3.87. The molecule has 0 radical (unpaired) electrons. The quantitative estimate of drug-likeness (QED) is 0.619. The van der Waals surface area contributed by atoms with Gasteiger partial charge in [0, 0.05) is 24.3 Å². The van der Waals surface area contributed by atoms with Crippen molar-refractivity contribution in [3.8, 4) is 0 Å². The van der Waals surface area contributed by atoms with Gasteiger partial charge in [0.05, 0.1) is 0 Å². The third kappa shape index (κ3) is 2.66. The molecule has 1 aliphatic rings. The molecule has 18 heavy (non-hydrogen) atoms. The van der Waals surface area contributed by atoms with E-state index in [9.17, 15) is 0 Å². The summed E-state index contributed by atoms with van der Waals surface area (Å²) in [5, 5.41) is 7.73. The van der Waals surface area contributed by atoms with Crippen LogP contribution in [0.25, 0.3) is 0 Å². The number of nitrogens with one attached hydrogen (secondary N) is 1. The van der Waals surface area contributed by atoms with Crippen LogP contribution in [0.15, 0.2) is 18.2 Å². The summed E-state index contributed by atoms with van der Waals surface area (Å²) in [6.45, 7) is 6.28.